The van der Waals surface area contributed by atoms with Gasteiger partial charge in [0.2, 0.25) is 0 Å². The number of aliphatic carboxylic acids is 1. The van der Waals surface area contributed by atoms with Crippen molar-refractivity contribution in [3.05, 3.63) is 0 Å². The summed E-state index contributed by atoms with van der Waals surface area (Å²) in [6, 6.07) is -0.651. The Kier molecular flexibility index (Phi) is 2.58. The Morgan fingerprint density at radius 3 is 2.11 bits per heavy atom. The molecule has 0 radical (unpaired) electrons. The van der Waals surface area contributed by atoms with Gasteiger partial charge < -0.3 is 10.8 Å². The van der Waals surface area contributed by atoms with Crippen LogP contribution in [0.25, 0.3) is 0 Å². The molecule has 18 heavy (non-hydrogen) atoms. The summed E-state index contributed by atoms with van der Waals surface area (Å²) in [5.74, 6) is 1.33. The van der Waals surface area contributed by atoms with Gasteiger partial charge in [-0.2, -0.15) is 0 Å². The molecule has 4 fully saturated rings. The second kappa shape index (κ2) is 3.72. The van der Waals surface area contributed by atoms with Crippen LogP contribution in [-0.4, -0.2) is 17.1 Å². The van der Waals surface area contributed by atoms with Gasteiger partial charge in [0.15, 0.2) is 0 Å². The predicted octanol–water partition coefficient (Wildman–Crippen LogP) is 2.64. The van der Waals surface area contributed by atoms with Crippen LogP contribution in [0.3, 0.4) is 0 Å². The second-order valence-corrected chi connectivity index (χ2v) is 7.66. The molecule has 3 nitrogen and oxygen atoms in total. The number of nitrogens with two attached hydrogens (primary N) is 1. The van der Waals surface area contributed by atoms with Crippen LogP contribution in [0.5, 0.6) is 0 Å². The summed E-state index contributed by atoms with van der Waals surface area (Å²) in [6.07, 6.45) is 7.13. The van der Waals surface area contributed by atoms with Crippen LogP contribution in [0.15, 0.2) is 0 Å². The van der Waals surface area contributed by atoms with E-state index < -0.39 is 12.0 Å². The molecule has 3 atom stereocenters. The number of carboxylic acids is 1. The first-order valence-corrected chi connectivity index (χ1v) is 7.35. The monoisotopic (exact) mass is 251 g/mol. The third-order valence-electron chi connectivity index (χ3n) is 6.30. The average Bonchev–Trinajstić information content (AvgIpc) is 2.25. The first kappa shape index (κ1) is 12.5. The predicted molar refractivity (Wildman–Crippen MR) is 70.0 cm³/mol. The highest BCUT2D eigenvalue weighted by molar-refractivity contribution is 5.74. The largest absolute Gasteiger partial charge is 0.480 e. The van der Waals surface area contributed by atoms with Crippen LogP contribution in [0.1, 0.15) is 52.4 Å². The van der Waals surface area contributed by atoms with Crippen molar-refractivity contribution in [2.45, 2.75) is 58.4 Å². The maximum Gasteiger partial charge on any atom is 0.321 e. The Morgan fingerprint density at radius 1 is 1.17 bits per heavy atom. The molecule has 0 aromatic heterocycles. The summed E-state index contributed by atoms with van der Waals surface area (Å²) < 4.78 is 0. The van der Waals surface area contributed by atoms with Crippen molar-refractivity contribution in [1.82, 2.24) is 0 Å². The van der Waals surface area contributed by atoms with Crippen LogP contribution >= 0.6 is 0 Å². The highest BCUT2D eigenvalue weighted by atomic mass is 16.4. The SMILES string of the molecule is CC(C)C12CC3CC(C1)CC(C(N)C(=O)O)(C3)C2. The summed E-state index contributed by atoms with van der Waals surface area (Å²) in [4.78, 5) is 11.4. The van der Waals surface area contributed by atoms with Crippen LogP contribution in [0, 0.1) is 28.6 Å². The van der Waals surface area contributed by atoms with Gasteiger partial charge in [0.1, 0.15) is 6.04 Å². The van der Waals surface area contributed by atoms with Crippen molar-refractivity contribution in [2.24, 2.45) is 34.3 Å². The van der Waals surface area contributed by atoms with E-state index in [0.29, 0.717) is 11.3 Å². The molecular formula is C15H25NO2. The molecular weight excluding hydrogens is 226 g/mol. The maximum atomic E-state index is 11.4. The molecule has 4 aliphatic carbocycles. The van der Waals surface area contributed by atoms with Gasteiger partial charge in [0.25, 0.3) is 0 Å². The highest BCUT2D eigenvalue weighted by Gasteiger charge is 2.61. The lowest BCUT2D eigenvalue weighted by Gasteiger charge is -2.64. The van der Waals surface area contributed by atoms with E-state index in [9.17, 15) is 9.90 Å². The van der Waals surface area contributed by atoms with Crippen LogP contribution in [0.4, 0.5) is 0 Å². The summed E-state index contributed by atoms with van der Waals surface area (Å²) in [5.41, 5.74) is 6.36. The van der Waals surface area contributed by atoms with Gasteiger partial charge in [-0.15, -0.1) is 0 Å². The number of rotatable bonds is 3. The first-order valence-electron chi connectivity index (χ1n) is 7.35. The molecule has 0 aromatic carbocycles. The van der Waals surface area contributed by atoms with Gasteiger partial charge in [0.05, 0.1) is 0 Å². The van der Waals surface area contributed by atoms with Gasteiger partial charge in [-0.3, -0.25) is 4.79 Å². The van der Waals surface area contributed by atoms with E-state index in [4.69, 9.17) is 5.73 Å². The Hall–Kier alpha value is -0.570. The zero-order valence-electron chi connectivity index (χ0n) is 11.5. The fourth-order valence-electron chi connectivity index (χ4n) is 5.71. The van der Waals surface area contributed by atoms with Crippen molar-refractivity contribution in [3.63, 3.8) is 0 Å². The fourth-order valence-corrected chi connectivity index (χ4v) is 5.71. The summed E-state index contributed by atoms with van der Waals surface area (Å²) in [5, 5.41) is 9.34. The van der Waals surface area contributed by atoms with Crippen molar-refractivity contribution >= 4 is 5.97 Å². The number of hydrogen-bond donors (Lipinski definition) is 2. The molecule has 0 heterocycles. The third kappa shape index (κ3) is 1.56. The van der Waals surface area contributed by atoms with Crippen LogP contribution in [0.2, 0.25) is 0 Å². The van der Waals surface area contributed by atoms with E-state index in [1.807, 2.05) is 0 Å². The van der Waals surface area contributed by atoms with Crippen molar-refractivity contribution < 1.29 is 9.90 Å². The van der Waals surface area contributed by atoms with Crippen LogP contribution < -0.4 is 5.73 Å². The molecule has 3 unspecified atom stereocenters. The van der Waals surface area contributed by atoms with E-state index >= 15 is 0 Å². The zero-order chi connectivity index (χ0) is 13.1. The average molecular weight is 251 g/mol. The lowest BCUT2D eigenvalue weighted by molar-refractivity contribution is -0.163. The van der Waals surface area contributed by atoms with E-state index in [2.05, 4.69) is 13.8 Å². The zero-order valence-corrected chi connectivity index (χ0v) is 11.5. The molecule has 4 rings (SSSR count). The fraction of sp³-hybridized carbons (Fsp3) is 0.933. The minimum Gasteiger partial charge on any atom is -0.480 e. The van der Waals surface area contributed by atoms with Crippen molar-refractivity contribution in [3.8, 4) is 0 Å². The lowest BCUT2D eigenvalue weighted by atomic mass is 9.41. The van der Waals surface area contributed by atoms with E-state index in [1.54, 1.807) is 0 Å². The third-order valence-corrected chi connectivity index (χ3v) is 6.30. The molecule has 0 aromatic rings. The molecule has 0 aliphatic heterocycles. The summed E-state index contributed by atoms with van der Waals surface area (Å²) >= 11 is 0. The molecule has 0 spiro atoms. The molecule has 0 amide bonds. The second-order valence-electron chi connectivity index (χ2n) is 7.66. The minimum absolute atomic E-state index is 0.0970. The van der Waals surface area contributed by atoms with Gasteiger partial charge in [-0.25, -0.2) is 0 Å². The Balaban J connectivity index is 1.96. The van der Waals surface area contributed by atoms with Gasteiger partial charge >= 0.3 is 5.97 Å². The maximum absolute atomic E-state index is 11.4. The van der Waals surface area contributed by atoms with Crippen molar-refractivity contribution in [2.75, 3.05) is 0 Å². The van der Waals surface area contributed by atoms with E-state index in [1.165, 1.54) is 19.3 Å². The van der Waals surface area contributed by atoms with Crippen molar-refractivity contribution in [1.29, 1.82) is 0 Å². The molecule has 3 heteroatoms. The van der Waals surface area contributed by atoms with Gasteiger partial charge in [-0.05, 0) is 67.1 Å². The smallest absolute Gasteiger partial charge is 0.321 e. The number of carbonyl (C=O) groups is 1. The molecule has 0 saturated heterocycles. The standard InChI is InChI=1S/C15H25NO2/c1-9(2)14-4-10-3-11(5-14)7-15(6-10,8-14)12(16)13(17)18/h9-12H,3-8,16H2,1-2H3,(H,17,18). The topological polar surface area (TPSA) is 63.3 Å². The normalized spacial score (nSPS) is 47.6. The molecule has 4 aliphatic rings. The summed E-state index contributed by atoms with van der Waals surface area (Å²) in [7, 11) is 0. The first-order chi connectivity index (χ1) is 8.37. The minimum atomic E-state index is -0.796. The molecule has 102 valence electrons. The van der Waals surface area contributed by atoms with E-state index in [0.717, 1.165) is 31.1 Å². The Bertz CT molecular complexity index is 363. The van der Waals surface area contributed by atoms with E-state index in [-0.39, 0.29) is 5.41 Å². The van der Waals surface area contributed by atoms with Crippen LogP contribution in [-0.2, 0) is 4.79 Å². The summed E-state index contributed by atoms with van der Waals surface area (Å²) in [6.45, 7) is 4.63. The van der Waals surface area contributed by atoms with Gasteiger partial charge in [-0.1, -0.05) is 13.8 Å². The molecule has 4 bridgehead atoms. The molecule has 4 saturated carbocycles. The number of hydrogen-bond acceptors (Lipinski definition) is 2. The Morgan fingerprint density at radius 2 is 1.67 bits per heavy atom. The molecule has 3 N–H and O–H groups in total. The number of carboxylic acid groups (broad SMARTS) is 1. The van der Waals surface area contributed by atoms with Gasteiger partial charge in [0, 0.05) is 0 Å². The lowest BCUT2D eigenvalue weighted by Crippen LogP contribution is -2.61. The highest BCUT2D eigenvalue weighted by Crippen LogP contribution is 2.68. The quantitative estimate of drug-likeness (QED) is 0.810. The Labute approximate surface area is 109 Å².